The van der Waals surface area contributed by atoms with Crippen LogP contribution in [0.5, 0.6) is 0 Å². The lowest BCUT2D eigenvalue weighted by atomic mass is 10.2. The van der Waals surface area contributed by atoms with Gasteiger partial charge in [-0.3, -0.25) is 14.5 Å². The molecular weight excluding hydrogens is 570 g/mol. The minimum atomic E-state index is -0.504. The first-order valence-electron chi connectivity index (χ1n) is 16.5. The van der Waals surface area contributed by atoms with Crippen molar-refractivity contribution in [3.05, 3.63) is 0 Å². The molecule has 0 aliphatic carbocycles. The summed E-state index contributed by atoms with van der Waals surface area (Å²) in [5.74, 6) is -0.737. The summed E-state index contributed by atoms with van der Waals surface area (Å²) in [5, 5.41) is 5.24. The van der Waals surface area contributed by atoms with Gasteiger partial charge in [0.2, 0.25) is 0 Å². The third kappa shape index (κ3) is 19.6. The molecule has 0 saturated carbocycles. The monoisotopic (exact) mass is 629 g/mol. The van der Waals surface area contributed by atoms with E-state index in [1.807, 2.05) is 27.7 Å². The van der Waals surface area contributed by atoms with Crippen molar-refractivity contribution in [3.8, 4) is 0 Å². The maximum Gasteiger partial charge on any atom is 0.407 e. The Kier molecular flexibility index (Phi) is 22.1. The van der Waals surface area contributed by atoms with E-state index < -0.39 is 12.2 Å². The predicted molar refractivity (Wildman–Crippen MR) is 168 cm³/mol. The molecular formula is C31H59N5O8. The SMILES string of the molecule is CCCC(CC)OC(=O)NCCOC(=O)CCN(CCC(=O)OCCNC(=O)OC(CC)CCC)CCN1CCN(C)CC1. The number of likely N-dealkylation sites (N-methyl/N-ethyl adjacent to an activating group) is 1. The number of hydrogen-bond donors (Lipinski definition) is 2. The first-order chi connectivity index (χ1) is 21.2. The molecule has 13 nitrogen and oxygen atoms in total. The van der Waals surface area contributed by atoms with Crippen LogP contribution in [0.1, 0.15) is 79.1 Å². The second-order valence-electron chi connectivity index (χ2n) is 11.2. The van der Waals surface area contributed by atoms with E-state index in [-0.39, 0.29) is 63.3 Å². The zero-order chi connectivity index (χ0) is 32.6. The van der Waals surface area contributed by atoms with Crippen molar-refractivity contribution in [2.75, 3.05) is 85.7 Å². The third-order valence-electron chi connectivity index (χ3n) is 7.54. The van der Waals surface area contributed by atoms with Crippen molar-refractivity contribution >= 4 is 24.1 Å². The quantitative estimate of drug-likeness (QED) is 0.0980. The number of rotatable bonds is 23. The van der Waals surface area contributed by atoms with Crippen molar-refractivity contribution in [2.45, 2.75) is 91.3 Å². The van der Waals surface area contributed by atoms with Crippen molar-refractivity contribution in [1.82, 2.24) is 25.3 Å². The van der Waals surface area contributed by atoms with E-state index in [0.29, 0.717) is 19.6 Å². The van der Waals surface area contributed by atoms with Crippen LogP contribution < -0.4 is 10.6 Å². The molecule has 2 atom stereocenters. The van der Waals surface area contributed by atoms with E-state index in [1.165, 1.54) is 0 Å². The van der Waals surface area contributed by atoms with Crippen LogP contribution in [0.4, 0.5) is 9.59 Å². The van der Waals surface area contributed by atoms with E-state index in [9.17, 15) is 19.2 Å². The molecule has 1 heterocycles. The van der Waals surface area contributed by atoms with E-state index in [2.05, 4.69) is 32.4 Å². The van der Waals surface area contributed by atoms with Crippen LogP contribution in [0.25, 0.3) is 0 Å². The lowest BCUT2D eigenvalue weighted by molar-refractivity contribution is -0.144. The van der Waals surface area contributed by atoms with Gasteiger partial charge in [0.15, 0.2) is 0 Å². The summed E-state index contributed by atoms with van der Waals surface area (Å²) in [5.41, 5.74) is 0. The molecule has 2 amide bonds. The van der Waals surface area contributed by atoms with Crippen LogP contribution >= 0.6 is 0 Å². The number of piperazine rings is 1. The molecule has 0 aromatic heterocycles. The van der Waals surface area contributed by atoms with Crippen molar-refractivity contribution in [1.29, 1.82) is 0 Å². The molecule has 0 radical (unpaired) electrons. The molecule has 13 heteroatoms. The highest BCUT2D eigenvalue weighted by atomic mass is 16.6. The predicted octanol–water partition coefficient (Wildman–Crippen LogP) is 3.01. The molecule has 0 aromatic rings. The molecule has 2 N–H and O–H groups in total. The molecule has 256 valence electrons. The molecule has 0 spiro atoms. The normalized spacial score (nSPS) is 15.3. The third-order valence-corrected chi connectivity index (χ3v) is 7.54. The number of nitrogens with zero attached hydrogens (tertiary/aromatic N) is 3. The van der Waals surface area contributed by atoms with Crippen molar-refractivity contribution in [3.63, 3.8) is 0 Å². The zero-order valence-electron chi connectivity index (χ0n) is 27.9. The number of esters is 2. The van der Waals surface area contributed by atoms with E-state index in [4.69, 9.17) is 18.9 Å². The maximum absolute atomic E-state index is 12.4. The van der Waals surface area contributed by atoms with Crippen molar-refractivity contribution < 1.29 is 38.1 Å². The molecule has 1 aliphatic rings. The van der Waals surface area contributed by atoms with Crippen molar-refractivity contribution in [2.24, 2.45) is 0 Å². The standard InChI is InChI=1S/C31H59N5O8/c1-6-10-26(8-3)43-30(39)32-14-24-41-28(37)12-16-35(22-23-36-20-18-34(5)19-21-36)17-13-29(38)42-25-15-33-31(40)44-27(9-4)11-7-2/h26-27H,6-25H2,1-5H3,(H,32,39)(H,33,40). The molecule has 1 saturated heterocycles. The van der Waals surface area contributed by atoms with Gasteiger partial charge < -0.3 is 39.4 Å². The van der Waals surface area contributed by atoms with Gasteiger partial charge in [-0.2, -0.15) is 0 Å². The Balaban J connectivity index is 2.40. The molecule has 1 aliphatic heterocycles. The van der Waals surface area contributed by atoms with Gasteiger partial charge in [-0.15, -0.1) is 0 Å². The summed E-state index contributed by atoms with van der Waals surface area (Å²) >= 11 is 0. The molecule has 44 heavy (non-hydrogen) atoms. The smallest absolute Gasteiger partial charge is 0.407 e. The Morgan fingerprint density at radius 2 is 1.16 bits per heavy atom. The Labute approximate surface area is 264 Å². The Morgan fingerprint density at radius 1 is 0.705 bits per heavy atom. The number of hydrogen-bond acceptors (Lipinski definition) is 11. The molecule has 1 fully saturated rings. The molecule has 1 rings (SSSR count). The summed E-state index contributed by atoms with van der Waals surface area (Å²) in [7, 11) is 2.11. The molecule has 2 unspecified atom stereocenters. The molecule has 0 aromatic carbocycles. The summed E-state index contributed by atoms with van der Waals surface area (Å²) in [6.07, 6.45) is 4.11. The van der Waals surface area contributed by atoms with Crippen LogP contribution in [0, 0.1) is 0 Å². The minimum Gasteiger partial charge on any atom is -0.464 e. The van der Waals surface area contributed by atoms with E-state index in [0.717, 1.165) is 71.2 Å². The summed E-state index contributed by atoms with van der Waals surface area (Å²) in [6, 6.07) is 0. The second kappa shape index (κ2) is 24.7. The average molecular weight is 630 g/mol. The number of alkyl carbamates (subject to hydrolysis) is 2. The fourth-order valence-electron chi connectivity index (χ4n) is 4.69. The summed E-state index contributed by atoms with van der Waals surface area (Å²) in [4.78, 5) is 55.4. The largest absolute Gasteiger partial charge is 0.464 e. The lowest BCUT2D eigenvalue weighted by Gasteiger charge is -2.34. The number of ether oxygens (including phenoxy) is 4. The fourth-order valence-corrected chi connectivity index (χ4v) is 4.69. The summed E-state index contributed by atoms with van der Waals surface area (Å²) < 4.78 is 21.3. The summed E-state index contributed by atoms with van der Waals surface area (Å²) in [6.45, 7) is 14.9. The van der Waals surface area contributed by atoms with Gasteiger partial charge in [0.1, 0.15) is 25.4 Å². The number of carbonyl (C=O) groups excluding carboxylic acids is 4. The maximum atomic E-state index is 12.4. The second-order valence-corrected chi connectivity index (χ2v) is 11.2. The van der Waals surface area contributed by atoms with Gasteiger partial charge in [0.05, 0.1) is 25.9 Å². The van der Waals surface area contributed by atoms with E-state index >= 15 is 0 Å². The Bertz CT molecular complexity index is 758. The van der Waals surface area contributed by atoms with Gasteiger partial charge in [-0.1, -0.05) is 40.5 Å². The number of nitrogens with one attached hydrogen (secondary N) is 2. The van der Waals surface area contributed by atoms with Crippen LogP contribution in [-0.2, 0) is 28.5 Å². The van der Waals surface area contributed by atoms with Gasteiger partial charge >= 0.3 is 24.1 Å². The van der Waals surface area contributed by atoms with Crippen LogP contribution in [0.3, 0.4) is 0 Å². The van der Waals surface area contributed by atoms with Gasteiger partial charge in [0, 0.05) is 52.4 Å². The highest BCUT2D eigenvalue weighted by Crippen LogP contribution is 2.07. The number of carbonyl (C=O) groups is 4. The number of amides is 2. The Hall–Kier alpha value is -2.64. The zero-order valence-corrected chi connectivity index (χ0v) is 27.9. The minimum absolute atomic E-state index is 0.0609. The lowest BCUT2D eigenvalue weighted by Crippen LogP contribution is -2.47. The van der Waals surface area contributed by atoms with Crippen LogP contribution in [0.15, 0.2) is 0 Å². The van der Waals surface area contributed by atoms with E-state index in [1.54, 1.807) is 0 Å². The highest BCUT2D eigenvalue weighted by Gasteiger charge is 2.18. The fraction of sp³-hybridized carbons (Fsp3) is 0.871. The molecule has 0 bridgehead atoms. The van der Waals surface area contributed by atoms with Gasteiger partial charge in [0.25, 0.3) is 0 Å². The first-order valence-corrected chi connectivity index (χ1v) is 16.5. The Morgan fingerprint density at radius 3 is 1.57 bits per heavy atom. The topological polar surface area (TPSA) is 139 Å². The van der Waals surface area contributed by atoms with Crippen LogP contribution in [0.2, 0.25) is 0 Å². The highest BCUT2D eigenvalue weighted by molar-refractivity contribution is 5.70. The van der Waals surface area contributed by atoms with Gasteiger partial charge in [-0.05, 0) is 32.7 Å². The van der Waals surface area contributed by atoms with Gasteiger partial charge in [-0.25, -0.2) is 9.59 Å². The average Bonchev–Trinajstić information content (AvgIpc) is 3.01. The first kappa shape index (κ1) is 39.4. The van der Waals surface area contributed by atoms with Crippen LogP contribution in [-0.4, -0.2) is 137 Å².